The van der Waals surface area contributed by atoms with Crippen LogP contribution in [-0.4, -0.2) is 63.4 Å². The first-order valence-corrected chi connectivity index (χ1v) is 11.7. The van der Waals surface area contributed by atoms with Crippen molar-refractivity contribution in [3.05, 3.63) is 45.5 Å². The molecule has 0 spiro atoms. The van der Waals surface area contributed by atoms with Gasteiger partial charge in [-0.3, -0.25) is 0 Å². The summed E-state index contributed by atoms with van der Waals surface area (Å²) in [4.78, 5) is 53.8. The number of nitrogens with zero attached hydrogens (tertiary/aromatic N) is 1. The Bertz CT molecular complexity index is 1080. The van der Waals surface area contributed by atoms with Gasteiger partial charge in [0.25, 0.3) is 0 Å². The molecular formula is C25H30ClNO8. The van der Waals surface area contributed by atoms with Crippen molar-refractivity contribution in [2.24, 2.45) is 0 Å². The molecule has 1 aliphatic rings. The molecule has 0 bridgehead atoms. The van der Waals surface area contributed by atoms with E-state index in [-0.39, 0.29) is 43.1 Å². The third-order valence-corrected chi connectivity index (χ3v) is 5.52. The second-order valence-corrected chi connectivity index (χ2v) is 7.81. The van der Waals surface area contributed by atoms with E-state index in [1.807, 2.05) is 13.0 Å². The van der Waals surface area contributed by atoms with Gasteiger partial charge >= 0.3 is 23.9 Å². The molecule has 0 amide bonds. The summed E-state index contributed by atoms with van der Waals surface area (Å²) in [6.07, 6.45) is 0. The summed E-state index contributed by atoms with van der Waals surface area (Å²) in [5.74, 6) is -3.56. The highest BCUT2D eigenvalue weighted by molar-refractivity contribution is 6.43. The van der Waals surface area contributed by atoms with Gasteiger partial charge in [0, 0.05) is 18.3 Å². The van der Waals surface area contributed by atoms with Crippen LogP contribution in [0.1, 0.15) is 38.8 Å². The van der Waals surface area contributed by atoms with Gasteiger partial charge < -0.3 is 23.8 Å². The van der Waals surface area contributed by atoms with Crippen molar-refractivity contribution in [3.63, 3.8) is 0 Å². The van der Waals surface area contributed by atoms with Crippen molar-refractivity contribution >= 4 is 46.7 Å². The molecule has 1 aliphatic heterocycles. The number of ether oxygens (including phenoxy) is 4. The lowest BCUT2D eigenvalue weighted by atomic mass is 9.83. The number of fused-ring (bicyclic) bond motifs is 1. The number of aryl methyl sites for hydroxylation is 1. The number of anilines is 1. The summed E-state index contributed by atoms with van der Waals surface area (Å²) < 4.78 is 20.7. The molecule has 1 unspecified atom stereocenters. The van der Waals surface area contributed by atoms with Crippen LogP contribution in [0.25, 0.3) is 5.57 Å². The van der Waals surface area contributed by atoms with Crippen molar-refractivity contribution < 1.29 is 38.1 Å². The van der Waals surface area contributed by atoms with Crippen LogP contribution >= 0.6 is 11.6 Å². The molecular weight excluding hydrogens is 478 g/mol. The number of carbonyl (C=O) groups is 4. The van der Waals surface area contributed by atoms with Crippen molar-refractivity contribution in [1.29, 1.82) is 0 Å². The summed E-state index contributed by atoms with van der Waals surface area (Å²) in [6, 6.07) is 3.97. The molecule has 1 aromatic carbocycles. The van der Waals surface area contributed by atoms with Crippen LogP contribution in [0, 0.1) is 6.92 Å². The molecule has 2 rings (SSSR count). The van der Waals surface area contributed by atoms with Gasteiger partial charge in [0.1, 0.15) is 5.03 Å². The van der Waals surface area contributed by atoms with Gasteiger partial charge in [-0.15, -0.1) is 0 Å². The van der Waals surface area contributed by atoms with E-state index in [1.165, 1.54) is 0 Å². The zero-order chi connectivity index (χ0) is 26.3. The fourth-order valence-electron chi connectivity index (χ4n) is 3.79. The smallest absolute Gasteiger partial charge is 0.350 e. The molecule has 10 heteroatoms. The van der Waals surface area contributed by atoms with Crippen LogP contribution in [0.3, 0.4) is 0 Å². The minimum absolute atomic E-state index is 0.000387. The lowest BCUT2D eigenvalue weighted by Crippen LogP contribution is -2.45. The lowest BCUT2D eigenvalue weighted by molar-refractivity contribution is -0.142. The van der Waals surface area contributed by atoms with E-state index in [9.17, 15) is 19.2 Å². The molecule has 0 N–H and O–H groups in total. The highest BCUT2D eigenvalue weighted by atomic mass is 35.5. The Labute approximate surface area is 209 Å². The first-order valence-electron chi connectivity index (χ1n) is 11.3. The molecule has 1 aromatic rings. The molecule has 190 valence electrons. The summed E-state index contributed by atoms with van der Waals surface area (Å²) in [6.45, 7) is 8.27. The maximum absolute atomic E-state index is 13.3. The van der Waals surface area contributed by atoms with E-state index >= 15 is 0 Å². The van der Waals surface area contributed by atoms with E-state index in [2.05, 4.69) is 0 Å². The van der Waals surface area contributed by atoms with Gasteiger partial charge in [-0.1, -0.05) is 23.2 Å². The topological polar surface area (TPSA) is 108 Å². The van der Waals surface area contributed by atoms with Gasteiger partial charge in [-0.05, 0) is 46.8 Å². The average molecular weight is 508 g/mol. The van der Waals surface area contributed by atoms with Gasteiger partial charge in [0.05, 0.1) is 49.2 Å². The standard InChI is InChI=1S/C25H30ClNO8/c1-7-32-22(28)17-15-13-14(5)11-12-16(15)27(6)21(18(17)23(29)33-8-2)19(24(30)34-9-3)20(26)25(31)35-10-4/h11-13,21H,7-10H2,1-6H3/b20-19+. The minimum Gasteiger partial charge on any atom is -0.463 e. The number of halogens is 1. The highest BCUT2D eigenvalue weighted by Crippen LogP contribution is 2.42. The molecule has 0 aliphatic carbocycles. The van der Waals surface area contributed by atoms with Crippen LogP contribution in [0.4, 0.5) is 5.69 Å². The Morgan fingerprint density at radius 3 is 1.97 bits per heavy atom. The summed E-state index contributed by atoms with van der Waals surface area (Å²) >= 11 is 6.38. The highest BCUT2D eigenvalue weighted by Gasteiger charge is 2.45. The third kappa shape index (κ3) is 5.85. The fraction of sp³-hybridized carbons (Fsp3) is 0.440. The number of esters is 4. The fourth-order valence-corrected chi connectivity index (χ4v) is 4.03. The first kappa shape index (κ1) is 27.9. The molecule has 0 fully saturated rings. The summed E-state index contributed by atoms with van der Waals surface area (Å²) in [5, 5.41) is -0.567. The van der Waals surface area contributed by atoms with Crippen molar-refractivity contribution in [2.75, 3.05) is 38.4 Å². The van der Waals surface area contributed by atoms with Crippen LogP contribution in [0.2, 0.25) is 0 Å². The number of rotatable bonds is 9. The van der Waals surface area contributed by atoms with Crippen LogP contribution in [0.5, 0.6) is 0 Å². The van der Waals surface area contributed by atoms with E-state index in [4.69, 9.17) is 30.5 Å². The third-order valence-electron chi connectivity index (χ3n) is 5.17. The summed E-state index contributed by atoms with van der Waals surface area (Å²) in [7, 11) is 1.61. The van der Waals surface area contributed by atoms with E-state index in [0.717, 1.165) is 5.56 Å². The maximum atomic E-state index is 13.3. The van der Waals surface area contributed by atoms with Crippen molar-refractivity contribution in [1.82, 2.24) is 0 Å². The minimum atomic E-state index is -1.31. The lowest BCUT2D eigenvalue weighted by Gasteiger charge is -2.38. The zero-order valence-electron chi connectivity index (χ0n) is 20.7. The number of hydrogen-bond acceptors (Lipinski definition) is 9. The molecule has 1 atom stereocenters. The zero-order valence-corrected chi connectivity index (χ0v) is 21.5. The molecule has 1 heterocycles. The van der Waals surface area contributed by atoms with E-state index in [0.29, 0.717) is 11.3 Å². The molecule has 9 nitrogen and oxygen atoms in total. The summed E-state index contributed by atoms with van der Waals surface area (Å²) in [5.41, 5.74) is 1.11. The quantitative estimate of drug-likeness (QED) is 0.282. The Morgan fingerprint density at radius 1 is 0.857 bits per heavy atom. The van der Waals surface area contributed by atoms with Gasteiger partial charge in [0.15, 0.2) is 0 Å². The monoisotopic (exact) mass is 507 g/mol. The normalized spacial score (nSPS) is 15.6. The van der Waals surface area contributed by atoms with Crippen molar-refractivity contribution in [3.8, 4) is 0 Å². The van der Waals surface area contributed by atoms with Crippen LogP contribution in [-0.2, 0) is 38.1 Å². The maximum Gasteiger partial charge on any atom is 0.350 e. The molecule has 0 aromatic heterocycles. The van der Waals surface area contributed by atoms with Gasteiger partial charge in [-0.25, -0.2) is 19.2 Å². The number of hydrogen-bond donors (Lipinski definition) is 0. The largest absolute Gasteiger partial charge is 0.463 e. The van der Waals surface area contributed by atoms with Gasteiger partial charge in [0.2, 0.25) is 0 Å². The average Bonchev–Trinajstić information content (AvgIpc) is 2.80. The Morgan fingerprint density at radius 2 is 1.40 bits per heavy atom. The predicted molar refractivity (Wildman–Crippen MR) is 130 cm³/mol. The number of benzene rings is 1. The molecule has 0 radical (unpaired) electrons. The van der Waals surface area contributed by atoms with E-state index in [1.54, 1.807) is 51.8 Å². The number of carbonyl (C=O) groups excluding carboxylic acids is 4. The van der Waals surface area contributed by atoms with Crippen LogP contribution < -0.4 is 4.90 Å². The first-order chi connectivity index (χ1) is 16.6. The Kier molecular flexibility index (Phi) is 9.89. The number of likely N-dealkylation sites (N-methyl/N-ethyl adjacent to an activating group) is 1. The van der Waals surface area contributed by atoms with Gasteiger partial charge in [-0.2, -0.15) is 0 Å². The second-order valence-electron chi connectivity index (χ2n) is 7.43. The van der Waals surface area contributed by atoms with Crippen molar-refractivity contribution in [2.45, 2.75) is 40.7 Å². The Hall–Kier alpha value is -3.33. The molecule has 35 heavy (non-hydrogen) atoms. The predicted octanol–water partition coefficient (Wildman–Crippen LogP) is 3.31. The second kappa shape index (κ2) is 12.4. The molecule has 0 saturated carbocycles. The van der Waals surface area contributed by atoms with Crippen LogP contribution in [0.15, 0.2) is 34.4 Å². The Balaban J connectivity index is 3.02. The SMILES string of the molecule is CCOC(=O)C1=C(C(=O)OCC)C(/C(C(=O)OCC)=C(\Cl)C(=O)OCC)N(C)c2ccc(C)cc21. The van der Waals surface area contributed by atoms with E-state index < -0.39 is 35.0 Å². The molecule has 0 saturated heterocycles.